The summed E-state index contributed by atoms with van der Waals surface area (Å²) in [5.74, 6) is 1.21. The predicted octanol–water partition coefficient (Wildman–Crippen LogP) is 3.59. The van der Waals surface area contributed by atoms with Crippen LogP contribution < -0.4 is 4.57 Å². The van der Waals surface area contributed by atoms with Gasteiger partial charge in [-0.2, -0.15) is 0 Å². The van der Waals surface area contributed by atoms with Gasteiger partial charge in [-0.3, -0.25) is 0 Å². The molecule has 0 atom stereocenters. The van der Waals surface area contributed by atoms with Crippen LogP contribution in [-0.4, -0.2) is 9.55 Å². The highest BCUT2D eigenvalue weighted by Gasteiger charge is 2.23. The zero-order chi connectivity index (χ0) is 14.6. The van der Waals surface area contributed by atoms with Crippen LogP contribution in [0.2, 0.25) is 0 Å². The topological polar surface area (TPSA) is 21.7 Å². The van der Waals surface area contributed by atoms with Gasteiger partial charge < -0.3 is 0 Å². The molecule has 0 saturated carbocycles. The van der Waals surface area contributed by atoms with E-state index in [1.54, 1.807) is 11.3 Å². The van der Waals surface area contributed by atoms with Crippen molar-refractivity contribution in [3.05, 3.63) is 47.5 Å². The number of imidazole rings is 1. The van der Waals surface area contributed by atoms with Crippen molar-refractivity contribution in [2.45, 2.75) is 6.92 Å². The lowest BCUT2D eigenvalue weighted by atomic mass is 10.1. The molecule has 2 heterocycles. The molecular weight excluding hydrogens is 278 g/mol. The maximum absolute atomic E-state index is 4.46. The summed E-state index contributed by atoms with van der Waals surface area (Å²) in [6, 6.07) is 12.9. The van der Waals surface area contributed by atoms with E-state index in [2.05, 4.69) is 71.5 Å². The molecule has 2 aromatic heterocycles. The molecular formula is C17H16N3S+. The van der Waals surface area contributed by atoms with Gasteiger partial charge in [-0.1, -0.05) is 12.1 Å². The van der Waals surface area contributed by atoms with E-state index in [-0.39, 0.29) is 0 Å². The number of rotatable bonds is 1. The van der Waals surface area contributed by atoms with Gasteiger partial charge in [0.1, 0.15) is 0 Å². The van der Waals surface area contributed by atoms with Crippen molar-refractivity contribution in [2.75, 3.05) is 0 Å². The molecule has 21 heavy (non-hydrogen) atoms. The van der Waals surface area contributed by atoms with Crippen molar-refractivity contribution in [1.29, 1.82) is 0 Å². The maximum Gasteiger partial charge on any atom is 0.289 e. The molecule has 0 spiro atoms. The third kappa shape index (κ3) is 1.72. The van der Waals surface area contributed by atoms with Crippen molar-refractivity contribution in [3.63, 3.8) is 0 Å². The third-order valence-corrected chi connectivity index (χ3v) is 4.95. The van der Waals surface area contributed by atoms with Crippen LogP contribution in [-0.2, 0) is 14.1 Å². The van der Waals surface area contributed by atoms with Gasteiger partial charge in [0.15, 0.2) is 11.0 Å². The smallest absolute Gasteiger partial charge is 0.245 e. The van der Waals surface area contributed by atoms with Crippen LogP contribution in [0.1, 0.15) is 5.56 Å². The number of aryl methyl sites for hydroxylation is 3. The molecule has 4 aromatic rings. The lowest BCUT2D eigenvalue weighted by molar-refractivity contribution is -0.634. The second-order valence-corrected chi connectivity index (χ2v) is 6.30. The van der Waals surface area contributed by atoms with E-state index in [0.29, 0.717) is 0 Å². The highest BCUT2D eigenvalue weighted by atomic mass is 32.1. The minimum absolute atomic E-state index is 1.07. The standard InChI is InChI=1S/C17H16N3S/c1-11-8-16-13(18-10-21-16)9-12(11)17-19(2)14-6-4-5-7-15(14)20(17)3/h4-10H,1-3H3/q+1. The fourth-order valence-electron chi connectivity index (χ4n) is 3.09. The second kappa shape index (κ2) is 4.40. The number of aromatic nitrogens is 3. The summed E-state index contributed by atoms with van der Waals surface area (Å²) in [5, 5.41) is 0. The van der Waals surface area contributed by atoms with E-state index < -0.39 is 0 Å². The Labute approximate surface area is 127 Å². The number of benzene rings is 2. The van der Waals surface area contributed by atoms with Gasteiger partial charge in [-0.05, 0) is 36.8 Å². The predicted molar refractivity (Wildman–Crippen MR) is 87.4 cm³/mol. The molecule has 0 radical (unpaired) electrons. The summed E-state index contributed by atoms with van der Waals surface area (Å²) in [6.45, 7) is 2.17. The Morgan fingerprint density at radius 1 is 1.19 bits per heavy atom. The highest BCUT2D eigenvalue weighted by Crippen LogP contribution is 2.29. The van der Waals surface area contributed by atoms with E-state index >= 15 is 0 Å². The molecule has 0 amide bonds. The number of thiazole rings is 1. The van der Waals surface area contributed by atoms with Crippen LogP contribution in [0.3, 0.4) is 0 Å². The van der Waals surface area contributed by atoms with E-state index in [0.717, 1.165) is 5.52 Å². The van der Waals surface area contributed by atoms with Gasteiger partial charge >= 0.3 is 0 Å². The second-order valence-electron chi connectivity index (χ2n) is 5.42. The summed E-state index contributed by atoms with van der Waals surface area (Å²) >= 11 is 1.69. The van der Waals surface area contributed by atoms with Gasteiger partial charge in [0.25, 0.3) is 5.82 Å². The lowest BCUT2D eigenvalue weighted by Gasteiger charge is -2.03. The molecule has 0 N–H and O–H groups in total. The third-order valence-electron chi connectivity index (χ3n) is 4.16. The Morgan fingerprint density at radius 3 is 2.81 bits per heavy atom. The molecule has 0 unspecified atom stereocenters. The average Bonchev–Trinajstić information content (AvgIpc) is 3.03. The van der Waals surface area contributed by atoms with Crippen LogP contribution >= 0.6 is 11.3 Å². The Bertz CT molecular complexity index is 939. The zero-order valence-electron chi connectivity index (χ0n) is 12.3. The molecule has 0 bridgehead atoms. The average molecular weight is 294 g/mol. The van der Waals surface area contributed by atoms with E-state index in [1.165, 1.54) is 32.7 Å². The fraction of sp³-hybridized carbons (Fsp3) is 0.176. The van der Waals surface area contributed by atoms with Crippen molar-refractivity contribution < 1.29 is 4.57 Å². The molecule has 4 heteroatoms. The van der Waals surface area contributed by atoms with Gasteiger partial charge in [0, 0.05) is 0 Å². The van der Waals surface area contributed by atoms with Gasteiger partial charge in [-0.25, -0.2) is 14.1 Å². The SMILES string of the molecule is Cc1cc2scnc2cc1-c1n(C)c2ccccc2[n+]1C. The highest BCUT2D eigenvalue weighted by molar-refractivity contribution is 7.16. The summed E-state index contributed by atoms with van der Waals surface area (Å²) in [4.78, 5) is 4.46. The Balaban J connectivity index is 2.10. The summed E-state index contributed by atoms with van der Waals surface area (Å²) in [7, 11) is 4.25. The Hall–Kier alpha value is -2.20. The molecule has 4 rings (SSSR count). The largest absolute Gasteiger partial charge is 0.289 e. The quantitative estimate of drug-likeness (QED) is 0.492. The number of para-hydroxylation sites is 2. The zero-order valence-corrected chi connectivity index (χ0v) is 13.1. The van der Waals surface area contributed by atoms with Crippen molar-refractivity contribution >= 4 is 32.6 Å². The number of hydrogen-bond donors (Lipinski definition) is 0. The first-order chi connectivity index (χ1) is 10.2. The number of fused-ring (bicyclic) bond motifs is 2. The summed E-state index contributed by atoms with van der Waals surface area (Å²) < 4.78 is 5.77. The van der Waals surface area contributed by atoms with Gasteiger partial charge in [-0.15, -0.1) is 11.3 Å². The molecule has 0 aliphatic carbocycles. The molecule has 104 valence electrons. The molecule has 2 aromatic carbocycles. The van der Waals surface area contributed by atoms with E-state index in [1.807, 2.05) is 5.51 Å². The number of hydrogen-bond acceptors (Lipinski definition) is 2. The maximum atomic E-state index is 4.46. The molecule has 0 aliphatic heterocycles. The monoisotopic (exact) mass is 294 g/mol. The van der Waals surface area contributed by atoms with Crippen LogP contribution in [0.5, 0.6) is 0 Å². The first-order valence-corrected chi connectivity index (χ1v) is 7.82. The minimum Gasteiger partial charge on any atom is -0.245 e. The first-order valence-electron chi connectivity index (χ1n) is 6.94. The van der Waals surface area contributed by atoms with Crippen molar-refractivity contribution in [1.82, 2.24) is 9.55 Å². The minimum atomic E-state index is 1.07. The lowest BCUT2D eigenvalue weighted by Crippen LogP contribution is -2.30. The summed E-state index contributed by atoms with van der Waals surface area (Å²) in [6.07, 6.45) is 0. The number of nitrogens with zero attached hydrogens (tertiary/aromatic N) is 3. The normalized spacial score (nSPS) is 11.6. The summed E-state index contributed by atoms with van der Waals surface area (Å²) in [5.41, 5.74) is 8.00. The van der Waals surface area contributed by atoms with Crippen molar-refractivity contribution in [3.8, 4) is 11.4 Å². The van der Waals surface area contributed by atoms with Crippen LogP contribution in [0.4, 0.5) is 0 Å². The molecule has 0 aliphatic rings. The van der Waals surface area contributed by atoms with Crippen LogP contribution in [0.25, 0.3) is 32.6 Å². The molecule has 0 fully saturated rings. The van der Waals surface area contributed by atoms with Gasteiger partial charge in [0.05, 0.1) is 35.4 Å². The Kier molecular flexibility index (Phi) is 2.62. The Morgan fingerprint density at radius 2 is 2.00 bits per heavy atom. The van der Waals surface area contributed by atoms with Crippen LogP contribution in [0, 0.1) is 6.92 Å². The molecule has 3 nitrogen and oxygen atoms in total. The van der Waals surface area contributed by atoms with E-state index in [4.69, 9.17) is 0 Å². The van der Waals surface area contributed by atoms with E-state index in [9.17, 15) is 0 Å². The van der Waals surface area contributed by atoms with Crippen LogP contribution in [0.15, 0.2) is 41.9 Å². The fourth-order valence-corrected chi connectivity index (χ4v) is 3.85. The van der Waals surface area contributed by atoms with Gasteiger partial charge in [0.2, 0.25) is 0 Å². The van der Waals surface area contributed by atoms with Crippen molar-refractivity contribution in [2.24, 2.45) is 14.1 Å². The molecule has 0 saturated heterocycles. The first kappa shape index (κ1) is 12.5.